The van der Waals surface area contributed by atoms with E-state index < -0.39 is 32.7 Å². The van der Waals surface area contributed by atoms with Crippen LogP contribution in [0.2, 0.25) is 0 Å². The lowest BCUT2D eigenvalue weighted by Crippen LogP contribution is -2.31. The number of hydrogen-bond acceptors (Lipinski definition) is 6. The Kier molecular flexibility index (Phi) is 4.87. The van der Waals surface area contributed by atoms with E-state index in [0.29, 0.717) is 24.5 Å². The molecule has 7 nitrogen and oxygen atoms in total. The molecule has 0 bridgehead atoms. The summed E-state index contributed by atoms with van der Waals surface area (Å²) >= 11 is 0. The fourth-order valence-electron chi connectivity index (χ4n) is 3.22. The van der Waals surface area contributed by atoms with Crippen molar-refractivity contribution in [3.63, 3.8) is 0 Å². The number of alkyl halides is 3. The van der Waals surface area contributed by atoms with Crippen molar-refractivity contribution >= 4 is 10.0 Å². The number of halogens is 3. The van der Waals surface area contributed by atoms with E-state index in [1.807, 2.05) is 0 Å². The van der Waals surface area contributed by atoms with Gasteiger partial charge in [-0.3, -0.25) is 4.98 Å². The monoisotopic (exact) mass is 424 g/mol. The summed E-state index contributed by atoms with van der Waals surface area (Å²) in [6.45, 7) is 0.147. The van der Waals surface area contributed by atoms with E-state index in [-0.39, 0.29) is 18.3 Å². The third kappa shape index (κ3) is 3.75. The van der Waals surface area contributed by atoms with E-state index in [2.05, 4.69) is 15.2 Å². The van der Waals surface area contributed by atoms with Crippen molar-refractivity contribution in [1.82, 2.24) is 19.5 Å². The van der Waals surface area contributed by atoms with Crippen molar-refractivity contribution in [2.24, 2.45) is 0 Å². The van der Waals surface area contributed by atoms with Gasteiger partial charge in [-0.2, -0.15) is 17.5 Å². The molecule has 1 aliphatic rings. The molecule has 0 radical (unpaired) electrons. The van der Waals surface area contributed by atoms with Crippen LogP contribution < -0.4 is 0 Å². The highest BCUT2D eigenvalue weighted by molar-refractivity contribution is 7.89. The zero-order valence-corrected chi connectivity index (χ0v) is 15.7. The molecule has 1 aromatic carbocycles. The Morgan fingerprint density at radius 2 is 1.97 bits per heavy atom. The number of nitrogens with zero attached hydrogens (tertiary/aromatic N) is 4. The lowest BCUT2D eigenvalue weighted by Gasteiger charge is -2.22. The summed E-state index contributed by atoms with van der Waals surface area (Å²) in [7, 11) is -4.18. The SMILES string of the molecule is O=S(=O)(c1cccc(C(F)(F)F)c1)N1CCC[C@@H]1c1nnc(-c2cccnc2)o1. The van der Waals surface area contributed by atoms with Gasteiger partial charge in [-0.1, -0.05) is 6.07 Å². The molecule has 1 aliphatic heterocycles. The molecule has 0 saturated carbocycles. The van der Waals surface area contributed by atoms with Crippen molar-refractivity contribution in [2.45, 2.75) is 30.0 Å². The molecular weight excluding hydrogens is 409 g/mol. The number of benzene rings is 1. The first-order chi connectivity index (χ1) is 13.8. The molecule has 2 aromatic heterocycles. The fourth-order valence-corrected chi connectivity index (χ4v) is 4.92. The average molecular weight is 424 g/mol. The van der Waals surface area contributed by atoms with Crippen LogP contribution in [0.25, 0.3) is 11.5 Å². The molecule has 152 valence electrons. The zero-order valence-electron chi connectivity index (χ0n) is 14.9. The molecule has 1 saturated heterocycles. The minimum Gasteiger partial charge on any atom is -0.419 e. The van der Waals surface area contributed by atoms with Crippen LogP contribution in [0.15, 0.2) is 58.1 Å². The minimum atomic E-state index is -4.64. The van der Waals surface area contributed by atoms with Gasteiger partial charge >= 0.3 is 6.18 Å². The topological polar surface area (TPSA) is 89.2 Å². The Morgan fingerprint density at radius 1 is 1.14 bits per heavy atom. The maximum absolute atomic E-state index is 13.0. The number of pyridine rings is 1. The Bertz CT molecular complexity index is 1120. The van der Waals surface area contributed by atoms with Gasteiger partial charge in [0.1, 0.15) is 6.04 Å². The highest BCUT2D eigenvalue weighted by Gasteiger charge is 2.40. The van der Waals surface area contributed by atoms with Crippen LogP contribution in [0.3, 0.4) is 0 Å². The Labute approximate surface area is 164 Å². The van der Waals surface area contributed by atoms with E-state index in [1.165, 1.54) is 6.20 Å². The van der Waals surface area contributed by atoms with Gasteiger partial charge in [-0.05, 0) is 43.2 Å². The second-order valence-corrected chi connectivity index (χ2v) is 8.38. The molecule has 4 rings (SSSR count). The summed E-state index contributed by atoms with van der Waals surface area (Å²) in [5, 5.41) is 7.90. The minimum absolute atomic E-state index is 0.0944. The smallest absolute Gasteiger partial charge is 0.416 e. The van der Waals surface area contributed by atoms with Crippen LogP contribution in [-0.2, 0) is 16.2 Å². The maximum atomic E-state index is 13.0. The van der Waals surface area contributed by atoms with E-state index in [9.17, 15) is 21.6 Å². The van der Waals surface area contributed by atoms with Gasteiger partial charge in [0.2, 0.25) is 21.8 Å². The van der Waals surface area contributed by atoms with Gasteiger partial charge in [-0.25, -0.2) is 8.42 Å². The van der Waals surface area contributed by atoms with E-state index in [0.717, 1.165) is 22.5 Å². The highest BCUT2D eigenvalue weighted by atomic mass is 32.2. The second kappa shape index (κ2) is 7.23. The third-order valence-electron chi connectivity index (χ3n) is 4.61. The van der Waals surface area contributed by atoms with Crippen LogP contribution >= 0.6 is 0 Å². The fraction of sp³-hybridized carbons (Fsp3) is 0.278. The van der Waals surface area contributed by atoms with Crippen molar-refractivity contribution in [3.05, 3.63) is 60.2 Å². The normalized spacial score (nSPS) is 18.2. The number of hydrogen-bond donors (Lipinski definition) is 0. The van der Waals surface area contributed by atoms with Gasteiger partial charge < -0.3 is 4.42 Å². The molecule has 0 spiro atoms. The van der Waals surface area contributed by atoms with Crippen LogP contribution in [0, 0.1) is 0 Å². The average Bonchev–Trinajstić information content (AvgIpc) is 3.38. The molecule has 0 unspecified atom stereocenters. The zero-order chi connectivity index (χ0) is 20.6. The summed E-state index contributed by atoms with van der Waals surface area (Å²) in [6.07, 6.45) is -0.578. The molecule has 3 aromatic rings. The molecule has 3 heterocycles. The van der Waals surface area contributed by atoms with E-state index in [4.69, 9.17) is 4.42 Å². The Balaban J connectivity index is 1.66. The van der Waals surface area contributed by atoms with Gasteiger partial charge in [0, 0.05) is 18.9 Å². The van der Waals surface area contributed by atoms with Gasteiger partial charge in [0.05, 0.1) is 16.0 Å². The summed E-state index contributed by atoms with van der Waals surface area (Å²) < 4.78 is 71.8. The molecule has 0 N–H and O–H groups in total. The Hall–Kier alpha value is -2.79. The molecule has 1 fully saturated rings. The lowest BCUT2D eigenvalue weighted by molar-refractivity contribution is -0.137. The van der Waals surface area contributed by atoms with Crippen molar-refractivity contribution in [1.29, 1.82) is 0 Å². The lowest BCUT2D eigenvalue weighted by atomic mass is 10.2. The van der Waals surface area contributed by atoms with Gasteiger partial charge in [-0.15, -0.1) is 10.2 Å². The predicted molar refractivity (Wildman–Crippen MR) is 94.8 cm³/mol. The summed E-state index contributed by atoms with van der Waals surface area (Å²) in [5.41, 5.74) is -0.442. The molecule has 0 amide bonds. The first-order valence-corrected chi connectivity index (χ1v) is 10.1. The van der Waals surface area contributed by atoms with Crippen LogP contribution in [-0.4, -0.2) is 34.4 Å². The summed E-state index contributed by atoms with van der Waals surface area (Å²) in [5.74, 6) is 0.285. The second-order valence-electron chi connectivity index (χ2n) is 6.49. The van der Waals surface area contributed by atoms with E-state index in [1.54, 1.807) is 18.3 Å². The van der Waals surface area contributed by atoms with E-state index >= 15 is 0 Å². The molecule has 11 heteroatoms. The highest BCUT2D eigenvalue weighted by Crippen LogP contribution is 2.38. The predicted octanol–water partition coefficient (Wildman–Crippen LogP) is 3.68. The first kappa shape index (κ1) is 19.5. The largest absolute Gasteiger partial charge is 0.419 e. The standard InChI is InChI=1S/C18H15F3N4O3S/c19-18(20,21)13-5-1-6-14(10-13)29(26,27)25-9-3-7-15(25)17-24-23-16(28-17)12-4-2-8-22-11-12/h1-2,4-6,8,10-11,15H,3,7,9H2/t15-/m1/s1. The van der Waals surface area contributed by atoms with Crippen LogP contribution in [0.4, 0.5) is 13.2 Å². The Morgan fingerprint density at radius 3 is 2.69 bits per heavy atom. The van der Waals surface area contributed by atoms with Gasteiger partial charge in [0.25, 0.3) is 0 Å². The van der Waals surface area contributed by atoms with Crippen LogP contribution in [0.5, 0.6) is 0 Å². The van der Waals surface area contributed by atoms with Crippen molar-refractivity contribution in [2.75, 3.05) is 6.54 Å². The first-order valence-electron chi connectivity index (χ1n) is 8.70. The number of aromatic nitrogens is 3. The molecule has 0 aliphatic carbocycles. The quantitative estimate of drug-likeness (QED) is 0.635. The number of rotatable bonds is 4. The maximum Gasteiger partial charge on any atom is 0.416 e. The molecular formula is C18H15F3N4O3S. The van der Waals surface area contributed by atoms with Gasteiger partial charge in [0.15, 0.2) is 0 Å². The summed E-state index contributed by atoms with van der Waals surface area (Å²) in [4.78, 5) is 3.54. The third-order valence-corrected chi connectivity index (χ3v) is 6.51. The van der Waals surface area contributed by atoms with Crippen LogP contribution in [0.1, 0.15) is 30.3 Å². The molecule has 29 heavy (non-hydrogen) atoms. The van der Waals surface area contributed by atoms with Crippen molar-refractivity contribution < 1.29 is 26.0 Å². The summed E-state index contributed by atoms with van der Waals surface area (Å²) in [6, 6.07) is 6.36. The molecule has 1 atom stereocenters. The van der Waals surface area contributed by atoms with Crippen molar-refractivity contribution in [3.8, 4) is 11.5 Å². The number of sulfonamides is 1.